The third kappa shape index (κ3) is 4.39. The average molecular weight is 334 g/mol. The Morgan fingerprint density at radius 3 is 2.48 bits per heavy atom. The van der Waals surface area contributed by atoms with Gasteiger partial charge in [0.25, 0.3) is 5.91 Å². The van der Waals surface area contributed by atoms with Crippen LogP contribution in [-0.4, -0.2) is 19.1 Å². The molecule has 122 valence electrons. The zero-order valence-electron chi connectivity index (χ0n) is 13.6. The van der Waals surface area contributed by atoms with E-state index in [0.717, 1.165) is 5.56 Å². The van der Waals surface area contributed by atoms with Gasteiger partial charge < -0.3 is 14.8 Å². The van der Waals surface area contributed by atoms with Crippen LogP contribution in [0.3, 0.4) is 0 Å². The van der Waals surface area contributed by atoms with Gasteiger partial charge >= 0.3 is 0 Å². The van der Waals surface area contributed by atoms with Crippen molar-refractivity contribution in [2.45, 2.75) is 26.9 Å². The first kappa shape index (κ1) is 17.2. The second-order valence-electron chi connectivity index (χ2n) is 5.34. The number of amides is 1. The van der Waals surface area contributed by atoms with Gasteiger partial charge in [-0.3, -0.25) is 4.79 Å². The van der Waals surface area contributed by atoms with Gasteiger partial charge in [0.1, 0.15) is 11.5 Å². The minimum absolute atomic E-state index is 0.246. The van der Waals surface area contributed by atoms with Gasteiger partial charge in [0.05, 0.1) is 12.1 Å². The minimum Gasteiger partial charge on any atom is -0.495 e. The highest BCUT2D eigenvalue weighted by Crippen LogP contribution is 2.27. The monoisotopic (exact) mass is 333 g/mol. The summed E-state index contributed by atoms with van der Waals surface area (Å²) in [4.78, 5) is 12.2. The fraction of sp³-hybridized carbons (Fsp3) is 0.278. The summed E-state index contributed by atoms with van der Waals surface area (Å²) in [5, 5.41) is 3.21. The normalized spacial score (nSPS) is 11.7. The zero-order chi connectivity index (χ0) is 17.0. The molecule has 0 spiro atoms. The van der Waals surface area contributed by atoms with E-state index in [1.807, 2.05) is 32.0 Å². The molecule has 1 N–H and O–H groups in total. The number of hydrogen-bond donors (Lipinski definition) is 1. The zero-order valence-corrected chi connectivity index (χ0v) is 14.4. The van der Waals surface area contributed by atoms with Crippen molar-refractivity contribution in [2.75, 3.05) is 12.4 Å². The largest absolute Gasteiger partial charge is 0.495 e. The van der Waals surface area contributed by atoms with E-state index in [0.29, 0.717) is 22.2 Å². The number of hydrogen-bond acceptors (Lipinski definition) is 3. The van der Waals surface area contributed by atoms with Crippen LogP contribution in [0.15, 0.2) is 36.4 Å². The lowest BCUT2D eigenvalue weighted by Crippen LogP contribution is -2.30. The number of nitrogens with one attached hydrogen (secondary N) is 1. The summed E-state index contributed by atoms with van der Waals surface area (Å²) in [5.74, 6) is 0.983. The Labute approximate surface area is 141 Å². The van der Waals surface area contributed by atoms with E-state index in [4.69, 9.17) is 21.1 Å². The van der Waals surface area contributed by atoms with E-state index in [2.05, 4.69) is 5.32 Å². The molecule has 5 heteroatoms. The Morgan fingerprint density at radius 2 is 1.87 bits per heavy atom. The quantitative estimate of drug-likeness (QED) is 0.883. The molecule has 2 rings (SSSR count). The number of carbonyl (C=O) groups is 1. The van der Waals surface area contributed by atoms with Gasteiger partial charge in [-0.05, 0) is 62.2 Å². The summed E-state index contributed by atoms with van der Waals surface area (Å²) in [6.07, 6.45) is -0.627. The van der Waals surface area contributed by atoms with Crippen molar-refractivity contribution < 1.29 is 14.3 Å². The van der Waals surface area contributed by atoms with Crippen LogP contribution in [0.4, 0.5) is 5.69 Å². The molecule has 4 nitrogen and oxygen atoms in total. The summed E-state index contributed by atoms with van der Waals surface area (Å²) < 4.78 is 10.8. The van der Waals surface area contributed by atoms with Crippen LogP contribution in [-0.2, 0) is 4.79 Å². The van der Waals surface area contributed by atoms with Crippen molar-refractivity contribution >= 4 is 23.2 Å². The molecule has 2 aromatic carbocycles. The van der Waals surface area contributed by atoms with E-state index in [9.17, 15) is 4.79 Å². The van der Waals surface area contributed by atoms with Crippen LogP contribution in [0, 0.1) is 13.8 Å². The predicted molar refractivity (Wildman–Crippen MR) is 92.6 cm³/mol. The van der Waals surface area contributed by atoms with E-state index < -0.39 is 6.10 Å². The number of ether oxygens (including phenoxy) is 2. The first-order valence-corrected chi connectivity index (χ1v) is 7.67. The maximum Gasteiger partial charge on any atom is 0.265 e. The number of halogens is 1. The molecule has 1 atom stereocenters. The second-order valence-corrected chi connectivity index (χ2v) is 5.75. The summed E-state index contributed by atoms with van der Waals surface area (Å²) >= 11 is 6.05. The van der Waals surface area contributed by atoms with E-state index in [1.54, 1.807) is 32.2 Å². The summed E-state index contributed by atoms with van der Waals surface area (Å²) in [6, 6.07) is 10.8. The number of carbonyl (C=O) groups excluding carboxylic acids is 1. The SMILES string of the molecule is COc1ccc(NC(=O)C(C)Oc2ccc(C)c(C)c2)cc1Cl. The van der Waals surface area contributed by atoms with Crippen LogP contribution >= 0.6 is 11.6 Å². The van der Waals surface area contributed by atoms with E-state index in [1.165, 1.54) is 5.56 Å². The van der Waals surface area contributed by atoms with Gasteiger partial charge in [-0.1, -0.05) is 17.7 Å². The fourth-order valence-electron chi connectivity index (χ4n) is 2.03. The molecule has 1 amide bonds. The molecule has 23 heavy (non-hydrogen) atoms. The highest BCUT2D eigenvalue weighted by molar-refractivity contribution is 6.32. The van der Waals surface area contributed by atoms with Gasteiger partial charge in [-0.25, -0.2) is 0 Å². The van der Waals surface area contributed by atoms with Crippen LogP contribution in [0.5, 0.6) is 11.5 Å². The lowest BCUT2D eigenvalue weighted by molar-refractivity contribution is -0.122. The molecule has 2 aromatic rings. The number of benzene rings is 2. The van der Waals surface area contributed by atoms with E-state index >= 15 is 0 Å². The molecule has 1 unspecified atom stereocenters. The molecule has 0 aromatic heterocycles. The summed E-state index contributed by atoms with van der Waals surface area (Å²) in [7, 11) is 1.54. The van der Waals surface area contributed by atoms with Gasteiger partial charge in [0.2, 0.25) is 0 Å². The molecular formula is C18H20ClNO3. The topological polar surface area (TPSA) is 47.6 Å². The van der Waals surface area contributed by atoms with Crippen molar-refractivity contribution in [3.8, 4) is 11.5 Å². The standard InChI is InChI=1S/C18H20ClNO3/c1-11-5-7-15(9-12(11)2)23-13(3)18(21)20-14-6-8-17(22-4)16(19)10-14/h5-10,13H,1-4H3,(H,20,21). The smallest absolute Gasteiger partial charge is 0.265 e. The fourth-order valence-corrected chi connectivity index (χ4v) is 2.29. The Hall–Kier alpha value is -2.20. The highest BCUT2D eigenvalue weighted by atomic mass is 35.5. The predicted octanol–water partition coefficient (Wildman–Crippen LogP) is 4.37. The molecule has 0 fully saturated rings. The van der Waals surface area contributed by atoms with Crippen molar-refractivity contribution in [2.24, 2.45) is 0 Å². The summed E-state index contributed by atoms with van der Waals surface area (Å²) in [6.45, 7) is 5.74. The number of aryl methyl sites for hydroxylation is 2. The third-order valence-corrected chi connectivity index (χ3v) is 3.88. The Balaban J connectivity index is 2.02. The Kier molecular flexibility index (Phi) is 5.50. The van der Waals surface area contributed by atoms with Crippen LogP contribution in [0.2, 0.25) is 5.02 Å². The molecule has 0 aliphatic carbocycles. The lowest BCUT2D eigenvalue weighted by atomic mass is 10.1. The second kappa shape index (κ2) is 7.38. The number of methoxy groups -OCH3 is 1. The molecule has 0 saturated carbocycles. The first-order valence-electron chi connectivity index (χ1n) is 7.29. The van der Waals surface area contributed by atoms with Gasteiger partial charge in [0, 0.05) is 5.69 Å². The molecule has 0 bridgehead atoms. The molecule has 0 heterocycles. The lowest BCUT2D eigenvalue weighted by Gasteiger charge is -2.16. The van der Waals surface area contributed by atoms with Crippen molar-refractivity contribution in [3.05, 3.63) is 52.5 Å². The first-order chi connectivity index (χ1) is 10.9. The Bertz CT molecular complexity index is 715. The van der Waals surface area contributed by atoms with Crippen LogP contribution in [0.1, 0.15) is 18.1 Å². The average Bonchev–Trinajstić information content (AvgIpc) is 2.51. The number of rotatable bonds is 5. The van der Waals surface area contributed by atoms with Gasteiger partial charge in [-0.2, -0.15) is 0 Å². The summed E-state index contributed by atoms with van der Waals surface area (Å²) in [5.41, 5.74) is 2.90. The molecular weight excluding hydrogens is 314 g/mol. The van der Waals surface area contributed by atoms with Gasteiger partial charge in [0.15, 0.2) is 6.10 Å². The number of anilines is 1. The van der Waals surface area contributed by atoms with Crippen LogP contribution < -0.4 is 14.8 Å². The maximum absolute atomic E-state index is 12.2. The molecule has 0 aliphatic rings. The molecule has 0 radical (unpaired) electrons. The third-order valence-electron chi connectivity index (χ3n) is 3.58. The van der Waals surface area contributed by atoms with Gasteiger partial charge in [-0.15, -0.1) is 0 Å². The highest BCUT2D eigenvalue weighted by Gasteiger charge is 2.15. The van der Waals surface area contributed by atoms with Crippen molar-refractivity contribution in [1.82, 2.24) is 0 Å². The minimum atomic E-state index is -0.627. The molecule has 0 saturated heterocycles. The van der Waals surface area contributed by atoms with Crippen LogP contribution in [0.25, 0.3) is 0 Å². The Morgan fingerprint density at radius 1 is 1.13 bits per heavy atom. The maximum atomic E-state index is 12.2. The van der Waals surface area contributed by atoms with Crippen molar-refractivity contribution in [3.63, 3.8) is 0 Å². The van der Waals surface area contributed by atoms with Crippen molar-refractivity contribution in [1.29, 1.82) is 0 Å². The van der Waals surface area contributed by atoms with E-state index in [-0.39, 0.29) is 5.91 Å². The molecule has 0 aliphatic heterocycles.